The number of ether oxygens (including phenoxy) is 1. The van der Waals surface area contributed by atoms with E-state index in [4.69, 9.17) is 4.74 Å². The van der Waals surface area contributed by atoms with Crippen LogP contribution in [0.2, 0.25) is 0 Å². The number of aromatic nitrogens is 3. The summed E-state index contributed by atoms with van der Waals surface area (Å²) in [5.41, 5.74) is 0.971. The number of aliphatic hydroxyl groups is 1. The number of aliphatic hydroxyl groups excluding tert-OH is 1. The third-order valence-electron chi connectivity index (χ3n) is 4.25. The lowest BCUT2D eigenvalue weighted by Gasteiger charge is -2.16. The van der Waals surface area contributed by atoms with E-state index in [1.165, 1.54) is 0 Å². The van der Waals surface area contributed by atoms with Gasteiger partial charge in [0.15, 0.2) is 0 Å². The Morgan fingerprint density at radius 2 is 2.12 bits per heavy atom. The Labute approximate surface area is 140 Å². The first-order valence-corrected chi connectivity index (χ1v) is 8.10. The Hall–Kier alpha value is -2.25. The number of carbonyl (C=O) groups excluding carboxylic acids is 1. The van der Waals surface area contributed by atoms with Gasteiger partial charge in [-0.25, -0.2) is 4.98 Å². The highest BCUT2D eigenvalue weighted by Gasteiger charge is 2.33. The SMILES string of the molecule is O=C(COCc1ccncc1)N[C@@H]1CC(Cn2ccnc2)C[C@H]1O. The smallest absolute Gasteiger partial charge is 0.246 e. The summed E-state index contributed by atoms with van der Waals surface area (Å²) in [4.78, 5) is 19.9. The first-order chi connectivity index (χ1) is 11.7. The standard InChI is InChI=1S/C17H22N4O3/c22-16-8-14(9-21-6-5-19-12-21)7-15(16)20-17(23)11-24-10-13-1-3-18-4-2-13/h1-6,12,14-16,22H,7-11H2,(H,20,23)/t14?,15-,16-/m1/s1. The van der Waals surface area contributed by atoms with Crippen molar-refractivity contribution >= 4 is 5.91 Å². The average Bonchev–Trinajstić information content (AvgIpc) is 3.19. The molecule has 3 atom stereocenters. The molecule has 0 radical (unpaired) electrons. The third kappa shape index (κ3) is 4.62. The topological polar surface area (TPSA) is 89.3 Å². The average molecular weight is 330 g/mol. The number of rotatable bonds is 7. The van der Waals surface area contributed by atoms with Crippen molar-refractivity contribution in [2.75, 3.05) is 6.61 Å². The van der Waals surface area contributed by atoms with Gasteiger partial charge in [-0.05, 0) is 36.5 Å². The summed E-state index contributed by atoms with van der Waals surface area (Å²) in [6.07, 6.45) is 9.72. The molecule has 2 aromatic heterocycles. The summed E-state index contributed by atoms with van der Waals surface area (Å²) in [7, 11) is 0. The molecule has 0 aromatic carbocycles. The van der Waals surface area contributed by atoms with Gasteiger partial charge < -0.3 is 19.7 Å². The number of pyridine rings is 1. The van der Waals surface area contributed by atoms with E-state index in [2.05, 4.69) is 15.3 Å². The zero-order valence-corrected chi connectivity index (χ0v) is 13.4. The van der Waals surface area contributed by atoms with E-state index in [0.29, 0.717) is 18.9 Å². The van der Waals surface area contributed by atoms with E-state index < -0.39 is 6.10 Å². The molecule has 1 saturated carbocycles. The molecule has 2 N–H and O–H groups in total. The van der Waals surface area contributed by atoms with Gasteiger partial charge in [0, 0.05) is 31.3 Å². The van der Waals surface area contributed by atoms with Gasteiger partial charge in [0.1, 0.15) is 6.61 Å². The van der Waals surface area contributed by atoms with Crippen molar-refractivity contribution in [2.24, 2.45) is 5.92 Å². The van der Waals surface area contributed by atoms with Crippen LogP contribution < -0.4 is 5.32 Å². The first kappa shape index (κ1) is 16.6. The van der Waals surface area contributed by atoms with Crippen LogP contribution in [0.5, 0.6) is 0 Å². The molecule has 0 aliphatic heterocycles. The van der Waals surface area contributed by atoms with Gasteiger partial charge in [-0.15, -0.1) is 0 Å². The lowest BCUT2D eigenvalue weighted by molar-refractivity contribution is -0.127. The number of carbonyl (C=O) groups is 1. The molecule has 24 heavy (non-hydrogen) atoms. The molecule has 1 unspecified atom stereocenters. The summed E-state index contributed by atoms with van der Waals surface area (Å²) >= 11 is 0. The zero-order valence-electron chi connectivity index (χ0n) is 13.4. The molecule has 7 nitrogen and oxygen atoms in total. The second kappa shape index (κ2) is 8.03. The summed E-state index contributed by atoms with van der Waals surface area (Å²) in [5.74, 6) is 0.133. The Bertz CT molecular complexity index is 633. The lowest BCUT2D eigenvalue weighted by Crippen LogP contribution is -2.41. The monoisotopic (exact) mass is 330 g/mol. The van der Waals surface area contributed by atoms with E-state index in [9.17, 15) is 9.90 Å². The second-order valence-electron chi connectivity index (χ2n) is 6.19. The van der Waals surface area contributed by atoms with Crippen molar-refractivity contribution in [1.29, 1.82) is 0 Å². The Morgan fingerprint density at radius 3 is 2.88 bits per heavy atom. The third-order valence-corrected chi connectivity index (χ3v) is 4.25. The van der Waals surface area contributed by atoms with Crippen LogP contribution in [0, 0.1) is 5.92 Å². The number of hydrogen-bond donors (Lipinski definition) is 2. The molecule has 0 bridgehead atoms. The molecular formula is C17H22N4O3. The van der Waals surface area contributed by atoms with Crippen LogP contribution in [0.1, 0.15) is 18.4 Å². The van der Waals surface area contributed by atoms with Crippen LogP contribution in [-0.4, -0.2) is 44.3 Å². The van der Waals surface area contributed by atoms with Crippen molar-refractivity contribution in [2.45, 2.75) is 38.1 Å². The molecule has 1 amide bonds. The van der Waals surface area contributed by atoms with Crippen LogP contribution >= 0.6 is 0 Å². The maximum absolute atomic E-state index is 12.0. The number of nitrogens with one attached hydrogen (secondary N) is 1. The first-order valence-electron chi connectivity index (χ1n) is 8.10. The van der Waals surface area contributed by atoms with Gasteiger partial charge in [0.25, 0.3) is 0 Å². The predicted molar refractivity (Wildman–Crippen MR) is 86.8 cm³/mol. The molecule has 1 aliphatic rings. The van der Waals surface area contributed by atoms with E-state index in [0.717, 1.165) is 18.5 Å². The number of imidazole rings is 1. The van der Waals surface area contributed by atoms with Gasteiger partial charge >= 0.3 is 0 Å². The Balaban J connectivity index is 1.39. The van der Waals surface area contributed by atoms with Crippen molar-refractivity contribution in [3.8, 4) is 0 Å². The van der Waals surface area contributed by atoms with Gasteiger partial charge in [-0.3, -0.25) is 9.78 Å². The van der Waals surface area contributed by atoms with Crippen LogP contribution in [0.25, 0.3) is 0 Å². The zero-order chi connectivity index (χ0) is 16.8. The summed E-state index contributed by atoms with van der Waals surface area (Å²) in [5, 5.41) is 13.0. The highest BCUT2D eigenvalue weighted by molar-refractivity contribution is 5.77. The largest absolute Gasteiger partial charge is 0.391 e. The summed E-state index contributed by atoms with van der Waals surface area (Å²) < 4.78 is 7.40. The molecule has 1 aliphatic carbocycles. The van der Waals surface area contributed by atoms with Gasteiger partial charge in [-0.2, -0.15) is 0 Å². The van der Waals surface area contributed by atoms with Crippen molar-refractivity contribution < 1.29 is 14.6 Å². The van der Waals surface area contributed by atoms with Crippen molar-refractivity contribution in [3.63, 3.8) is 0 Å². The van der Waals surface area contributed by atoms with Crippen LogP contribution in [0.15, 0.2) is 43.2 Å². The van der Waals surface area contributed by atoms with Gasteiger partial charge in [0.2, 0.25) is 5.91 Å². The van der Waals surface area contributed by atoms with Crippen molar-refractivity contribution in [3.05, 3.63) is 48.8 Å². The number of hydrogen-bond acceptors (Lipinski definition) is 5. The van der Waals surface area contributed by atoms with Gasteiger partial charge in [0.05, 0.1) is 25.1 Å². The van der Waals surface area contributed by atoms with Crippen LogP contribution in [0.3, 0.4) is 0 Å². The van der Waals surface area contributed by atoms with Crippen LogP contribution in [-0.2, 0) is 22.7 Å². The Morgan fingerprint density at radius 1 is 1.29 bits per heavy atom. The van der Waals surface area contributed by atoms with Gasteiger partial charge in [-0.1, -0.05) is 0 Å². The highest BCUT2D eigenvalue weighted by atomic mass is 16.5. The fraction of sp³-hybridized carbons (Fsp3) is 0.471. The fourth-order valence-corrected chi connectivity index (χ4v) is 3.10. The minimum absolute atomic E-state index is 0.0161. The molecule has 7 heteroatoms. The number of amides is 1. The molecular weight excluding hydrogens is 308 g/mol. The fourth-order valence-electron chi connectivity index (χ4n) is 3.10. The quantitative estimate of drug-likeness (QED) is 0.782. The molecule has 3 rings (SSSR count). The summed E-state index contributed by atoms with van der Waals surface area (Å²) in [6.45, 7) is 1.16. The maximum atomic E-state index is 12.0. The van der Waals surface area contributed by atoms with Crippen molar-refractivity contribution in [1.82, 2.24) is 19.9 Å². The minimum atomic E-state index is -0.511. The highest BCUT2D eigenvalue weighted by Crippen LogP contribution is 2.27. The molecule has 2 aromatic rings. The Kier molecular flexibility index (Phi) is 5.55. The summed E-state index contributed by atoms with van der Waals surface area (Å²) in [6, 6.07) is 3.48. The van der Waals surface area contributed by atoms with E-state index >= 15 is 0 Å². The van der Waals surface area contributed by atoms with Crippen LogP contribution in [0.4, 0.5) is 0 Å². The molecule has 0 saturated heterocycles. The molecule has 1 fully saturated rings. The molecule has 0 spiro atoms. The second-order valence-corrected chi connectivity index (χ2v) is 6.19. The van der Waals surface area contributed by atoms with E-state index in [1.807, 2.05) is 22.9 Å². The molecule has 2 heterocycles. The predicted octanol–water partition coefficient (Wildman–Crippen LogP) is 0.751. The van der Waals surface area contributed by atoms with E-state index in [-0.39, 0.29) is 18.6 Å². The lowest BCUT2D eigenvalue weighted by atomic mass is 10.1. The van der Waals surface area contributed by atoms with E-state index in [1.54, 1.807) is 24.9 Å². The molecule has 128 valence electrons. The normalized spacial score (nSPS) is 23.3. The maximum Gasteiger partial charge on any atom is 0.246 e. The number of nitrogens with zero attached hydrogens (tertiary/aromatic N) is 3. The minimum Gasteiger partial charge on any atom is -0.391 e.